The summed E-state index contributed by atoms with van der Waals surface area (Å²) in [4.78, 5) is 0.813. The highest BCUT2D eigenvalue weighted by Crippen LogP contribution is 2.36. The fourth-order valence-electron chi connectivity index (χ4n) is 3.13. The van der Waals surface area contributed by atoms with Gasteiger partial charge in [-0.1, -0.05) is 45.4 Å². The Balaban J connectivity index is 2.10. The summed E-state index contributed by atoms with van der Waals surface area (Å²) in [6.45, 7) is 8.74. The van der Waals surface area contributed by atoms with Gasteiger partial charge in [-0.25, -0.2) is 4.21 Å². The van der Waals surface area contributed by atoms with Gasteiger partial charge in [0.05, 0.1) is 11.0 Å². The van der Waals surface area contributed by atoms with E-state index >= 15 is 0 Å². The summed E-state index contributed by atoms with van der Waals surface area (Å²) in [5.74, 6) is 1.78. The van der Waals surface area contributed by atoms with Gasteiger partial charge in [0.2, 0.25) is 0 Å². The Labute approximate surface area is 125 Å². The lowest BCUT2D eigenvalue weighted by Crippen LogP contribution is -2.34. The second kappa shape index (κ2) is 6.86. The molecule has 20 heavy (non-hydrogen) atoms. The average molecular weight is 294 g/mol. The molecule has 1 aromatic carbocycles. The molecule has 0 N–H and O–H groups in total. The monoisotopic (exact) mass is 294 g/mol. The van der Waals surface area contributed by atoms with E-state index in [1.165, 1.54) is 12.8 Å². The molecule has 3 heteroatoms. The van der Waals surface area contributed by atoms with E-state index in [4.69, 9.17) is 4.18 Å². The second-order valence-electron chi connectivity index (χ2n) is 6.46. The minimum atomic E-state index is -1.34. The molecule has 1 aliphatic carbocycles. The molecule has 0 bridgehead atoms. The van der Waals surface area contributed by atoms with Crippen molar-refractivity contribution in [3.63, 3.8) is 0 Å². The van der Waals surface area contributed by atoms with Crippen LogP contribution in [-0.4, -0.2) is 10.3 Å². The predicted molar refractivity (Wildman–Crippen MR) is 83.8 cm³/mol. The first-order valence-electron chi connectivity index (χ1n) is 7.63. The zero-order chi connectivity index (χ0) is 14.7. The second-order valence-corrected chi connectivity index (χ2v) is 7.56. The zero-order valence-electron chi connectivity index (χ0n) is 13.0. The van der Waals surface area contributed by atoms with Gasteiger partial charge >= 0.3 is 0 Å². The van der Waals surface area contributed by atoms with E-state index in [1.54, 1.807) is 0 Å². The molecular formula is C17H26O2S. The highest BCUT2D eigenvalue weighted by atomic mass is 32.2. The van der Waals surface area contributed by atoms with E-state index < -0.39 is 11.1 Å². The van der Waals surface area contributed by atoms with Crippen molar-refractivity contribution in [1.29, 1.82) is 0 Å². The summed E-state index contributed by atoms with van der Waals surface area (Å²) in [5, 5.41) is 0. The molecule has 112 valence electrons. The Morgan fingerprint density at radius 2 is 1.95 bits per heavy atom. The maximum absolute atomic E-state index is 12.5. The standard InChI is InChI=1S/C17H26O2S/c1-12(2)15-10-9-13(3)11-16(15)19-20(18)17-8-6-5-7-14(17)4/h5-8,12-13,15-16H,9-11H2,1-4H3. The number of benzene rings is 1. The third-order valence-electron chi connectivity index (χ3n) is 4.45. The van der Waals surface area contributed by atoms with Gasteiger partial charge in [0.15, 0.2) is 11.1 Å². The van der Waals surface area contributed by atoms with E-state index in [-0.39, 0.29) is 6.10 Å². The first-order chi connectivity index (χ1) is 9.49. The highest BCUT2D eigenvalue weighted by Gasteiger charge is 2.33. The normalized spacial score (nSPS) is 28.6. The van der Waals surface area contributed by atoms with Gasteiger partial charge in [0.1, 0.15) is 0 Å². The van der Waals surface area contributed by atoms with Crippen molar-refractivity contribution in [2.24, 2.45) is 17.8 Å². The van der Waals surface area contributed by atoms with Crippen LogP contribution in [0.25, 0.3) is 0 Å². The lowest BCUT2D eigenvalue weighted by Gasteiger charge is -2.36. The molecule has 0 spiro atoms. The summed E-state index contributed by atoms with van der Waals surface area (Å²) in [5.41, 5.74) is 1.04. The Kier molecular flexibility index (Phi) is 5.39. The smallest absolute Gasteiger partial charge is 0.189 e. The fraction of sp³-hybridized carbons (Fsp3) is 0.647. The van der Waals surface area contributed by atoms with E-state index in [0.717, 1.165) is 16.9 Å². The van der Waals surface area contributed by atoms with E-state index in [9.17, 15) is 4.21 Å². The van der Waals surface area contributed by atoms with Crippen molar-refractivity contribution in [3.05, 3.63) is 29.8 Å². The SMILES string of the molecule is Cc1ccccc1S(=O)OC1CC(C)CCC1C(C)C. The summed E-state index contributed by atoms with van der Waals surface area (Å²) in [7, 11) is 0. The molecule has 1 fully saturated rings. The summed E-state index contributed by atoms with van der Waals surface area (Å²) < 4.78 is 18.5. The van der Waals surface area contributed by atoms with Gasteiger partial charge in [0.25, 0.3) is 0 Å². The fourth-order valence-corrected chi connectivity index (χ4v) is 4.20. The summed E-state index contributed by atoms with van der Waals surface area (Å²) >= 11 is -1.34. The third kappa shape index (κ3) is 3.70. The average Bonchev–Trinajstić information content (AvgIpc) is 2.38. The molecule has 4 unspecified atom stereocenters. The van der Waals surface area contributed by atoms with Crippen LogP contribution in [0.4, 0.5) is 0 Å². The molecule has 1 saturated carbocycles. The Morgan fingerprint density at radius 3 is 2.60 bits per heavy atom. The molecule has 2 rings (SSSR count). The summed E-state index contributed by atoms with van der Waals surface area (Å²) in [6, 6.07) is 7.78. The number of aryl methyl sites for hydroxylation is 1. The topological polar surface area (TPSA) is 26.3 Å². The molecule has 0 saturated heterocycles. The molecule has 0 aliphatic heterocycles. The molecule has 1 aliphatic rings. The van der Waals surface area contributed by atoms with E-state index in [2.05, 4.69) is 20.8 Å². The lowest BCUT2D eigenvalue weighted by atomic mass is 9.75. The van der Waals surface area contributed by atoms with Gasteiger partial charge in [-0.15, -0.1) is 0 Å². The molecule has 1 aromatic rings. The van der Waals surface area contributed by atoms with E-state index in [0.29, 0.717) is 17.8 Å². The zero-order valence-corrected chi connectivity index (χ0v) is 13.8. The van der Waals surface area contributed by atoms with Crippen molar-refractivity contribution in [2.45, 2.75) is 58.0 Å². The van der Waals surface area contributed by atoms with E-state index in [1.807, 2.05) is 31.2 Å². The van der Waals surface area contributed by atoms with Gasteiger partial charge in [0, 0.05) is 0 Å². The van der Waals surface area contributed by atoms with Crippen molar-refractivity contribution in [3.8, 4) is 0 Å². The number of hydrogen-bond donors (Lipinski definition) is 0. The van der Waals surface area contributed by atoms with Crippen LogP contribution in [0.5, 0.6) is 0 Å². The van der Waals surface area contributed by atoms with Crippen molar-refractivity contribution >= 4 is 11.1 Å². The Bertz CT molecular complexity index is 470. The van der Waals surface area contributed by atoms with Crippen molar-refractivity contribution in [1.82, 2.24) is 0 Å². The minimum absolute atomic E-state index is 0.124. The first-order valence-corrected chi connectivity index (χ1v) is 8.71. The first kappa shape index (κ1) is 15.7. The highest BCUT2D eigenvalue weighted by molar-refractivity contribution is 7.80. The molecule has 4 atom stereocenters. The van der Waals surface area contributed by atoms with Crippen LogP contribution in [0.3, 0.4) is 0 Å². The molecule has 0 amide bonds. The lowest BCUT2D eigenvalue weighted by molar-refractivity contribution is 0.0566. The largest absolute Gasteiger partial charge is 0.283 e. The predicted octanol–water partition coefficient (Wildman–Crippen LogP) is 4.50. The molecular weight excluding hydrogens is 268 g/mol. The quantitative estimate of drug-likeness (QED) is 0.817. The third-order valence-corrected chi connectivity index (χ3v) is 5.68. The van der Waals surface area contributed by atoms with Gasteiger partial charge < -0.3 is 0 Å². The van der Waals surface area contributed by atoms with Crippen LogP contribution in [-0.2, 0) is 15.3 Å². The minimum Gasteiger partial charge on any atom is -0.283 e. The van der Waals surface area contributed by atoms with Crippen LogP contribution in [0.15, 0.2) is 29.2 Å². The van der Waals surface area contributed by atoms with Crippen LogP contribution >= 0.6 is 0 Å². The van der Waals surface area contributed by atoms with Crippen molar-refractivity contribution < 1.29 is 8.39 Å². The van der Waals surface area contributed by atoms with Crippen molar-refractivity contribution in [2.75, 3.05) is 0 Å². The van der Waals surface area contributed by atoms with Crippen LogP contribution in [0.1, 0.15) is 45.6 Å². The Hall–Kier alpha value is -0.670. The van der Waals surface area contributed by atoms with Crippen LogP contribution < -0.4 is 0 Å². The number of rotatable bonds is 4. The maximum atomic E-state index is 12.5. The summed E-state index contributed by atoms with van der Waals surface area (Å²) in [6.07, 6.45) is 3.61. The molecule has 0 radical (unpaired) electrons. The Morgan fingerprint density at radius 1 is 1.25 bits per heavy atom. The van der Waals surface area contributed by atoms with Gasteiger partial charge in [-0.3, -0.25) is 4.18 Å². The van der Waals surface area contributed by atoms with Gasteiger partial charge in [-0.2, -0.15) is 0 Å². The molecule has 0 heterocycles. The van der Waals surface area contributed by atoms with Crippen LogP contribution in [0, 0.1) is 24.7 Å². The molecule has 2 nitrogen and oxygen atoms in total. The number of hydrogen-bond acceptors (Lipinski definition) is 2. The molecule has 0 aromatic heterocycles. The van der Waals surface area contributed by atoms with Crippen LogP contribution in [0.2, 0.25) is 0 Å². The van der Waals surface area contributed by atoms with Gasteiger partial charge in [-0.05, 0) is 49.1 Å². The maximum Gasteiger partial charge on any atom is 0.189 e.